The maximum absolute atomic E-state index is 2.59. The van der Waals surface area contributed by atoms with Crippen LogP contribution in [0.4, 0.5) is 0 Å². The standard InChI is InChI=1S/C41H49N/c1-6-9-11-13-23-41(24-14-12-10-7-2)37-26-30(5)15-19-33(37)34-20-17-32(28-38(34)41)31-18-22-40-36(27-31)35-25-29(4)16-21-39(35)42(40)8-3/h15-22,25-28H,6-14,23-24H2,1-5H3. The van der Waals surface area contributed by atoms with Crippen LogP contribution in [-0.2, 0) is 12.0 Å². The van der Waals surface area contributed by atoms with E-state index < -0.39 is 0 Å². The molecule has 1 nitrogen and oxygen atoms in total. The van der Waals surface area contributed by atoms with Crippen LogP contribution in [0.25, 0.3) is 44.1 Å². The van der Waals surface area contributed by atoms with Gasteiger partial charge in [-0.15, -0.1) is 0 Å². The van der Waals surface area contributed by atoms with Crippen molar-refractivity contribution in [3.63, 3.8) is 0 Å². The summed E-state index contributed by atoms with van der Waals surface area (Å²) in [5.41, 5.74) is 14.3. The summed E-state index contributed by atoms with van der Waals surface area (Å²) >= 11 is 0. The Morgan fingerprint density at radius 1 is 0.524 bits per heavy atom. The van der Waals surface area contributed by atoms with Crippen molar-refractivity contribution in [3.05, 3.63) is 95.1 Å². The second-order valence-corrected chi connectivity index (χ2v) is 13.0. The van der Waals surface area contributed by atoms with Gasteiger partial charge in [0.05, 0.1) is 0 Å². The molecule has 0 fully saturated rings. The van der Waals surface area contributed by atoms with Gasteiger partial charge in [-0.05, 0) is 97.3 Å². The summed E-state index contributed by atoms with van der Waals surface area (Å²) in [5.74, 6) is 0. The first-order chi connectivity index (χ1) is 20.5. The highest BCUT2D eigenvalue weighted by Gasteiger charge is 2.42. The van der Waals surface area contributed by atoms with Crippen molar-refractivity contribution in [2.24, 2.45) is 0 Å². The second kappa shape index (κ2) is 12.1. The summed E-state index contributed by atoms with van der Waals surface area (Å²) < 4.78 is 2.47. The number of aromatic nitrogens is 1. The minimum absolute atomic E-state index is 0.119. The van der Waals surface area contributed by atoms with Crippen molar-refractivity contribution >= 4 is 21.8 Å². The molecule has 0 spiro atoms. The number of rotatable bonds is 12. The Morgan fingerprint density at radius 3 is 1.71 bits per heavy atom. The fraction of sp³-hybridized carbons (Fsp3) is 0.415. The molecule has 42 heavy (non-hydrogen) atoms. The molecule has 0 atom stereocenters. The van der Waals surface area contributed by atoms with E-state index in [0.29, 0.717) is 0 Å². The van der Waals surface area contributed by atoms with Gasteiger partial charge in [-0.1, -0.05) is 119 Å². The van der Waals surface area contributed by atoms with Crippen LogP contribution >= 0.6 is 0 Å². The number of fused-ring (bicyclic) bond motifs is 6. The monoisotopic (exact) mass is 555 g/mol. The van der Waals surface area contributed by atoms with Gasteiger partial charge in [0, 0.05) is 33.8 Å². The molecule has 0 amide bonds. The highest BCUT2D eigenvalue weighted by Crippen LogP contribution is 2.55. The van der Waals surface area contributed by atoms with E-state index in [9.17, 15) is 0 Å². The molecule has 1 heterocycles. The van der Waals surface area contributed by atoms with Crippen molar-refractivity contribution < 1.29 is 0 Å². The molecule has 0 unspecified atom stereocenters. The van der Waals surface area contributed by atoms with Crippen LogP contribution in [-0.4, -0.2) is 4.57 Å². The Balaban J connectivity index is 1.49. The van der Waals surface area contributed by atoms with Gasteiger partial charge in [0.25, 0.3) is 0 Å². The minimum atomic E-state index is 0.119. The Bertz CT molecular complexity index is 1700. The summed E-state index contributed by atoms with van der Waals surface area (Å²) in [4.78, 5) is 0. The highest BCUT2D eigenvalue weighted by atomic mass is 15.0. The van der Waals surface area contributed by atoms with E-state index in [0.717, 1.165) is 6.54 Å². The molecule has 1 aliphatic carbocycles. The summed E-state index contributed by atoms with van der Waals surface area (Å²) in [6, 6.07) is 28.8. The highest BCUT2D eigenvalue weighted by molar-refractivity contribution is 6.09. The zero-order chi connectivity index (χ0) is 29.3. The van der Waals surface area contributed by atoms with Crippen molar-refractivity contribution in [2.45, 2.75) is 111 Å². The maximum Gasteiger partial charge on any atom is 0.0491 e. The first-order valence-corrected chi connectivity index (χ1v) is 16.8. The van der Waals surface area contributed by atoms with E-state index in [-0.39, 0.29) is 5.41 Å². The van der Waals surface area contributed by atoms with Crippen LogP contribution in [0.15, 0.2) is 72.8 Å². The number of hydrogen-bond acceptors (Lipinski definition) is 0. The molecule has 0 aliphatic heterocycles. The number of aryl methyl sites for hydroxylation is 3. The van der Waals surface area contributed by atoms with Crippen LogP contribution in [0.1, 0.15) is 107 Å². The van der Waals surface area contributed by atoms with Crippen LogP contribution in [0.2, 0.25) is 0 Å². The van der Waals surface area contributed by atoms with Crippen LogP contribution in [0.5, 0.6) is 0 Å². The zero-order valence-electron chi connectivity index (χ0n) is 26.7. The van der Waals surface area contributed by atoms with E-state index in [1.165, 1.54) is 119 Å². The predicted octanol–water partition coefficient (Wildman–Crippen LogP) is 12.3. The predicted molar refractivity (Wildman–Crippen MR) is 184 cm³/mol. The third-order valence-corrected chi connectivity index (χ3v) is 10.1. The third kappa shape index (κ3) is 5.00. The SMILES string of the molecule is CCCCCCC1(CCCCCC)c2cc(C)ccc2-c2ccc(-c3ccc4c(c3)c3cc(C)ccc3n4CC)cc21. The molecule has 0 bridgehead atoms. The van der Waals surface area contributed by atoms with E-state index in [4.69, 9.17) is 0 Å². The van der Waals surface area contributed by atoms with Gasteiger partial charge in [-0.3, -0.25) is 0 Å². The first-order valence-electron chi connectivity index (χ1n) is 16.8. The first kappa shape index (κ1) is 28.8. The lowest BCUT2D eigenvalue weighted by Crippen LogP contribution is -2.25. The van der Waals surface area contributed by atoms with Crippen molar-refractivity contribution in [1.29, 1.82) is 0 Å². The Labute approximate surface area is 254 Å². The Kier molecular flexibility index (Phi) is 8.30. The van der Waals surface area contributed by atoms with Crippen LogP contribution < -0.4 is 0 Å². The number of benzene rings is 4. The molecule has 1 heteroatoms. The smallest absolute Gasteiger partial charge is 0.0491 e. The Morgan fingerprint density at radius 2 is 1.05 bits per heavy atom. The van der Waals surface area contributed by atoms with E-state index >= 15 is 0 Å². The van der Waals surface area contributed by atoms with Gasteiger partial charge in [-0.25, -0.2) is 0 Å². The van der Waals surface area contributed by atoms with Gasteiger partial charge in [0.1, 0.15) is 0 Å². The van der Waals surface area contributed by atoms with Gasteiger partial charge < -0.3 is 4.57 Å². The summed E-state index contributed by atoms with van der Waals surface area (Å²) in [6.45, 7) is 12.4. The normalized spacial score (nSPS) is 13.6. The molecule has 4 aromatic carbocycles. The third-order valence-electron chi connectivity index (χ3n) is 10.1. The number of hydrogen-bond donors (Lipinski definition) is 0. The topological polar surface area (TPSA) is 4.93 Å². The van der Waals surface area contributed by atoms with E-state index in [1.807, 2.05) is 0 Å². The molecule has 218 valence electrons. The van der Waals surface area contributed by atoms with E-state index in [1.54, 1.807) is 11.1 Å². The van der Waals surface area contributed by atoms with Crippen molar-refractivity contribution in [3.8, 4) is 22.3 Å². The molecule has 1 aliphatic rings. The molecule has 6 rings (SSSR count). The Hall–Kier alpha value is -3.32. The summed E-state index contributed by atoms with van der Waals surface area (Å²) in [7, 11) is 0. The second-order valence-electron chi connectivity index (χ2n) is 13.0. The fourth-order valence-corrected chi connectivity index (χ4v) is 7.90. The van der Waals surface area contributed by atoms with E-state index in [2.05, 4.69) is 112 Å². The van der Waals surface area contributed by atoms with Crippen LogP contribution in [0, 0.1) is 13.8 Å². The minimum Gasteiger partial charge on any atom is -0.341 e. The molecule has 0 N–H and O–H groups in total. The average Bonchev–Trinajstić information content (AvgIpc) is 3.45. The van der Waals surface area contributed by atoms with Crippen molar-refractivity contribution in [2.75, 3.05) is 0 Å². The summed E-state index contributed by atoms with van der Waals surface area (Å²) in [5, 5.41) is 2.75. The molecule has 0 radical (unpaired) electrons. The molecule has 0 saturated heterocycles. The quantitative estimate of drug-likeness (QED) is 0.135. The lowest BCUT2D eigenvalue weighted by molar-refractivity contribution is 0.401. The van der Waals surface area contributed by atoms with Gasteiger partial charge >= 0.3 is 0 Å². The van der Waals surface area contributed by atoms with Gasteiger partial charge in [-0.2, -0.15) is 0 Å². The molecule has 5 aromatic rings. The number of nitrogens with zero attached hydrogens (tertiary/aromatic N) is 1. The largest absolute Gasteiger partial charge is 0.341 e. The molecule has 1 aromatic heterocycles. The number of unbranched alkanes of at least 4 members (excludes halogenated alkanes) is 6. The lowest BCUT2D eigenvalue weighted by atomic mass is 9.70. The molecule has 0 saturated carbocycles. The fourth-order valence-electron chi connectivity index (χ4n) is 7.90. The van der Waals surface area contributed by atoms with Gasteiger partial charge in [0.15, 0.2) is 0 Å². The van der Waals surface area contributed by atoms with Crippen LogP contribution in [0.3, 0.4) is 0 Å². The lowest BCUT2D eigenvalue weighted by Gasteiger charge is -2.33. The zero-order valence-corrected chi connectivity index (χ0v) is 26.7. The molecular formula is C41H49N. The molecular weight excluding hydrogens is 506 g/mol. The average molecular weight is 556 g/mol. The van der Waals surface area contributed by atoms with Gasteiger partial charge in [0.2, 0.25) is 0 Å². The maximum atomic E-state index is 2.59. The van der Waals surface area contributed by atoms with Crippen molar-refractivity contribution in [1.82, 2.24) is 4.57 Å². The summed E-state index contributed by atoms with van der Waals surface area (Å²) in [6.07, 6.45) is 13.0.